The van der Waals surface area contributed by atoms with E-state index in [2.05, 4.69) is 20.4 Å². The third-order valence-electron chi connectivity index (χ3n) is 9.93. The fourth-order valence-corrected chi connectivity index (χ4v) is 8.36. The van der Waals surface area contributed by atoms with Gasteiger partial charge in [0.15, 0.2) is 0 Å². The Hall–Kier alpha value is -0.870. The zero-order valence-corrected chi connectivity index (χ0v) is 17.0. The van der Waals surface area contributed by atoms with Crippen LogP contribution in [0.15, 0.2) is 12.7 Å². The van der Waals surface area contributed by atoms with Crippen molar-refractivity contribution in [3.05, 3.63) is 12.7 Å². The smallest absolute Gasteiger partial charge is 0.302 e. The van der Waals surface area contributed by atoms with Gasteiger partial charge < -0.3 is 14.6 Å². The molecule has 1 N–H and O–H groups in total. The van der Waals surface area contributed by atoms with Crippen molar-refractivity contribution in [2.75, 3.05) is 0 Å². The maximum Gasteiger partial charge on any atom is 0.302 e. The summed E-state index contributed by atoms with van der Waals surface area (Å²) in [6, 6.07) is 0. The molecule has 5 rings (SSSR count). The van der Waals surface area contributed by atoms with Gasteiger partial charge >= 0.3 is 5.97 Å². The van der Waals surface area contributed by atoms with Gasteiger partial charge in [0.25, 0.3) is 0 Å². The minimum atomic E-state index is -0.713. The first-order valence-corrected chi connectivity index (χ1v) is 10.9. The molecule has 4 nitrogen and oxygen atoms in total. The van der Waals surface area contributed by atoms with E-state index in [9.17, 15) is 9.90 Å². The van der Waals surface area contributed by atoms with Crippen molar-refractivity contribution in [1.29, 1.82) is 0 Å². The molecule has 1 saturated heterocycles. The van der Waals surface area contributed by atoms with Crippen molar-refractivity contribution in [3.63, 3.8) is 0 Å². The molecule has 27 heavy (non-hydrogen) atoms. The minimum absolute atomic E-state index is 0.0170. The van der Waals surface area contributed by atoms with Crippen LogP contribution < -0.4 is 0 Å². The number of hydrogen-bond donors (Lipinski definition) is 1. The Morgan fingerprint density at radius 2 is 1.81 bits per heavy atom. The maximum atomic E-state index is 11.5. The molecule has 4 saturated carbocycles. The van der Waals surface area contributed by atoms with Crippen LogP contribution in [0.4, 0.5) is 0 Å². The van der Waals surface area contributed by atoms with Crippen LogP contribution in [0.1, 0.15) is 72.1 Å². The molecule has 1 aliphatic heterocycles. The molecule has 0 aromatic carbocycles. The Bertz CT molecular complexity index is 690. The predicted octanol–water partition coefficient (Wildman–Crippen LogP) is 4.01. The molecule has 1 spiro atoms. The van der Waals surface area contributed by atoms with Crippen molar-refractivity contribution in [3.8, 4) is 0 Å². The van der Waals surface area contributed by atoms with Crippen molar-refractivity contribution in [1.82, 2.24) is 0 Å². The van der Waals surface area contributed by atoms with E-state index in [1.807, 2.05) is 6.08 Å². The first kappa shape index (κ1) is 18.2. The van der Waals surface area contributed by atoms with Gasteiger partial charge in [0.2, 0.25) is 0 Å². The lowest BCUT2D eigenvalue weighted by Crippen LogP contribution is -2.60. The molecule has 0 aromatic heterocycles. The standard InChI is InChI=1S/C23H34O4/c1-5-22(25)11-8-17-16-12-19-23(27-19)13-15(26-14(2)24)6-9-21(23,4)18(16)7-10-20(17,22)3/h5,15-19,25H,1,6-13H2,2-4H3/t15-,16+,17-,18-,19+,20+,21-,22+,23+/m1/s1. The van der Waals surface area contributed by atoms with E-state index in [-0.39, 0.29) is 28.5 Å². The summed E-state index contributed by atoms with van der Waals surface area (Å²) in [4.78, 5) is 11.5. The zero-order chi connectivity index (χ0) is 19.2. The molecule has 150 valence electrons. The number of carbonyl (C=O) groups excluding carboxylic acids is 1. The van der Waals surface area contributed by atoms with Gasteiger partial charge in [0, 0.05) is 24.2 Å². The van der Waals surface area contributed by atoms with Gasteiger partial charge in [0.1, 0.15) is 11.7 Å². The lowest BCUT2D eigenvalue weighted by molar-refractivity contribution is -0.160. The van der Waals surface area contributed by atoms with Gasteiger partial charge in [-0.2, -0.15) is 0 Å². The number of epoxide rings is 1. The third-order valence-corrected chi connectivity index (χ3v) is 9.93. The summed E-state index contributed by atoms with van der Waals surface area (Å²) in [6.07, 6.45) is 10.4. The maximum absolute atomic E-state index is 11.5. The summed E-state index contributed by atoms with van der Waals surface area (Å²) >= 11 is 0. The highest BCUT2D eigenvalue weighted by Crippen LogP contribution is 2.74. The average Bonchev–Trinajstić information content (AvgIpc) is 3.24. The van der Waals surface area contributed by atoms with Gasteiger partial charge in [-0.3, -0.25) is 4.79 Å². The fraction of sp³-hybridized carbons (Fsp3) is 0.870. The van der Waals surface area contributed by atoms with Gasteiger partial charge in [-0.1, -0.05) is 19.9 Å². The van der Waals surface area contributed by atoms with Crippen molar-refractivity contribution < 1.29 is 19.4 Å². The van der Waals surface area contributed by atoms with Gasteiger partial charge in [0.05, 0.1) is 11.7 Å². The van der Waals surface area contributed by atoms with Gasteiger partial charge in [-0.05, 0) is 62.7 Å². The normalized spacial score (nSPS) is 58.3. The molecule has 0 aromatic rings. The van der Waals surface area contributed by atoms with E-state index >= 15 is 0 Å². The molecule has 4 aliphatic carbocycles. The molecule has 5 aliphatic rings. The monoisotopic (exact) mass is 374 g/mol. The van der Waals surface area contributed by atoms with Crippen LogP contribution in [0, 0.1) is 28.6 Å². The molecule has 0 radical (unpaired) electrons. The van der Waals surface area contributed by atoms with Crippen LogP contribution in [0.2, 0.25) is 0 Å². The Morgan fingerprint density at radius 3 is 2.52 bits per heavy atom. The largest absolute Gasteiger partial charge is 0.462 e. The van der Waals surface area contributed by atoms with Crippen LogP contribution in [-0.4, -0.2) is 34.5 Å². The van der Waals surface area contributed by atoms with Crippen LogP contribution in [0.25, 0.3) is 0 Å². The Kier molecular flexibility index (Phi) is 3.62. The van der Waals surface area contributed by atoms with Crippen molar-refractivity contribution >= 4 is 5.97 Å². The summed E-state index contributed by atoms with van der Waals surface area (Å²) in [7, 11) is 0. The summed E-state index contributed by atoms with van der Waals surface area (Å²) in [5.41, 5.74) is -0.660. The number of hydrogen-bond acceptors (Lipinski definition) is 4. The Balaban J connectivity index is 1.44. The summed E-state index contributed by atoms with van der Waals surface area (Å²) < 4.78 is 12.0. The number of esters is 1. The molecule has 0 amide bonds. The second-order valence-corrected chi connectivity index (χ2v) is 10.6. The summed E-state index contributed by atoms with van der Waals surface area (Å²) in [5, 5.41) is 11.2. The van der Waals surface area contributed by atoms with E-state index in [0.29, 0.717) is 23.9 Å². The minimum Gasteiger partial charge on any atom is -0.462 e. The molecule has 5 fully saturated rings. The van der Waals surface area contributed by atoms with Crippen LogP contribution >= 0.6 is 0 Å². The van der Waals surface area contributed by atoms with E-state index in [1.165, 1.54) is 13.3 Å². The molecule has 1 heterocycles. The zero-order valence-electron chi connectivity index (χ0n) is 17.0. The molecule has 0 bridgehead atoms. The highest BCUT2D eigenvalue weighted by atomic mass is 16.6. The lowest BCUT2D eigenvalue weighted by Gasteiger charge is -2.60. The first-order chi connectivity index (χ1) is 12.7. The number of ether oxygens (including phenoxy) is 2. The predicted molar refractivity (Wildman–Crippen MR) is 102 cm³/mol. The van der Waals surface area contributed by atoms with Crippen molar-refractivity contribution in [2.45, 2.75) is 95.5 Å². The quantitative estimate of drug-likeness (QED) is 0.451. The Morgan fingerprint density at radius 1 is 1.15 bits per heavy atom. The van der Waals surface area contributed by atoms with Crippen LogP contribution in [-0.2, 0) is 14.3 Å². The highest BCUT2D eigenvalue weighted by molar-refractivity contribution is 5.66. The van der Waals surface area contributed by atoms with E-state index in [4.69, 9.17) is 9.47 Å². The lowest BCUT2D eigenvalue weighted by atomic mass is 9.44. The van der Waals surface area contributed by atoms with Crippen LogP contribution in [0.3, 0.4) is 0 Å². The van der Waals surface area contributed by atoms with Crippen LogP contribution in [0.5, 0.6) is 0 Å². The topological polar surface area (TPSA) is 59.1 Å². The number of aliphatic hydroxyl groups is 1. The summed E-state index contributed by atoms with van der Waals surface area (Å²) in [6.45, 7) is 10.2. The average molecular weight is 375 g/mol. The molecule has 9 atom stereocenters. The van der Waals surface area contributed by atoms with Gasteiger partial charge in [-0.15, -0.1) is 6.58 Å². The van der Waals surface area contributed by atoms with Gasteiger partial charge in [-0.25, -0.2) is 0 Å². The number of rotatable bonds is 2. The SMILES string of the molecule is C=C[C@]1(O)CC[C@@H]2[C@@H]3C[C@@H]4O[C@@]45C[C@H](OC(C)=O)CC[C@]5(C)[C@@H]3CC[C@@]21C. The number of carbonyl (C=O) groups is 1. The second-order valence-electron chi connectivity index (χ2n) is 10.6. The molecule has 0 unspecified atom stereocenters. The summed E-state index contributed by atoms with van der Waals surface area (Å²) in [5.74, 6) is 1.67. The number of fused-ring (bicyclic) bond motifs is 4. The highest BCUT2D eigenvalue weighted by Gasteiger charge is 2.77. The first-order valence-electron chi connectivity index (χ1n) is 10.9. The van der Waals surface area contributed by atoms with E-state index in [0.717, 1.165) is 44.9 Å². The Labute approximate surface area is 162 Å². The fourth-order valence-electron chi connectivity index (χ4n) is 8.36. The van der Waals surface area contributed by atoms with Crippen molar-refractivity contribution in [2.24, 2.45) is 28.6 Å². The molecular formula is C23H34O4. The molecule has 4 heteroatoms. The molecular weight excluding hydrogens is 340 g/mol. The third kappa shape index (κ3) is 2.09. The van der Waals surface area contributed by atoms with E-state index < -0.39 is 5.60 Å². The van der Waals surface area contributed by atoms with E-state index in [1.54, 1.807) is 0 Å². The second kappa shape index (κ2) is 5.38.